The van der Waals surface area contributed by atoms with Crippen LogP contribution in [-0.4, -0.2) is 41.3 Å². The van der Waals surface area contributed by atoms with E-state index in [1.165, 1.54) is 14.2 Å². The Balaban J connectivity index is 1.77. The van der Waals surface area contributed by atoms with E-state index in [0.717, 1.165) is 21.0 Å². The molecule has 0 aromatic heterocycles. The molecular formula is C24H25ClN2O5S2. The van der Waals surface area contributed by atoms with Crippen LogP contribution in [-0.2, 0) is 20.6 Å². The lowest BCUT2D eigenvalue weighted by atomic mass is 10.2. The summed E-state index contributed by atoms with van der Waals surface area (Å²) in [6.45, 7) is -0.419. The topological polar surface area (TPSA) is 84.9 Å². The van der Waals surface area contributed by atoms with Crippen molar-refractivity contribution in [1.82, 2.24) is 0 Å². The summed E-state index contributed by atoms with van der Waals surface area (Å²) in [6, 6.07) is 19.6. The number of carbonyl (C=O) groups excluding carboxylic acids is 1. The molecule has 0 bridgehead atoms. The maximum absolute atomic E-state index is 12.9. The Hall–Kier alpha value is -2.88. The molecule has 0 atom stereocenters. The van der Waals surface area contributed by atoms with Gasteiger partial charge in [-0.25, -0.2) is 8.42 Å². The Bertz CT molecular complexity index is 1250. The summed E-state index contributed by atoms with van der Waals surface area (Å²) in [5.74, 6) is 0.979. The average Bonchev–Trinajstić information content (AvgIpc) is 2.82. The summed E-state index contributed by atoms with van der Waals surface area (Å²) in [7, 11) is -0.860. The van der Waals surface area contributed by atoms with Crippen molar-refractivity contribution < 1.29 is 22.7 Å². The highest BCUT2D eigenvalue weighted by molar-refractivity contribution is 7.98. The Morgan fingerprint density at radius 2 is 1.74 bits per heavy atom. The lowest BCUT2D eigenvalue weighted by Gasteiger charge is -2.24. The molecule has 0 heterocycles. The molecule has 7 nitrogen and oxygen atoms in total. The van der Waals surface area contributed by atoms with Crippen LogP contribution in [0.5, 0.6) is 11.5 Å². The van der Waals surface area contributed by atoms with E-state index in [-0.39, 0.29) is 11.4 Å². The van der Waals surface area contributed by atoms with Crippen LogP contribution in [0.3, 0.4) is 0 Å². The standard InChI is InChI=1S/C24H25ClN2O5S2/c1-31-19-12-13-21(22(14-19)32-2)27(34(3,29)30)15-24(28)26-20-6-4-5-7-23(20)33-16-17-8-10-18(25)11-9-17/h4-14H,15-16H2,1-3H3,(H,26,28). The molecule has 0 radical (unpaired) electrons. The average molecular weight is 521 g/mol. The highest BCUT2D eigenvalue weighted by Gasteiger charge is 2.24. The molecule has 180 valence electrons. The SMILES string of the molecule is COc1ccc(N(CC(=O)Nc2ccccc2SCc2ccc(Cl)cc2)S(C)(=O)=O)c(OC)c1. The first-order chi connectivity index (χ1) is 16.2. The van der Waals surface area contributed by atoms with Crippen LogP contribution in [0.1, 0.15) is 5.56 Å². The van der Waals surface area contributed by atoms with E-state index in [1.54, 1.807) is 36.0 Å². The van der Waals surface area contributed by atoms with Gasteiger partial charge in [0.05, 0.1) is 31.9 Å². The van der Waals surface area contributed by atoms with Crippen LogP contribution in [0.25, 0.3) is 0 Å². The van der Waals surface area contributed by atoms with Gasteiger partial charge in [-0.2, -0.15) is 0 Å². The van der Waals surface area contributed by atoms with Crippen LogP contribution in [0.15, 0.2) is 71.6 Å². The zero-order valence-electron chi connectivity index (χ0n) is 18.9. The van der Waals surface area contributed by atoms with Gasteiger partial charge in [-0.3, -0.25) is 9.10 Å². The van der Waals surface area contributed by atoms with E-state index in [9.17, 15) is 13.2 Å². The fourth-order valence-corrected chi connectivity index (χ4v) is 5.08. The lowest BCUT2D eigenvalue weighted by molar-refractivity contribution is -0.114. The largest absolute Gasteiger partial charge is 0.497 e. The first-order valence-corrected chi connectivity index (χ1v) is 13.4. The van der Waals surface area contributed by atoms with Crippen LogP contribution in [0, 0.1) is 0 Å². The zero-order valence-corrected chi connectivity index (χ0v) is 21.3. The van der Waals surface area contributed by atoms with Gasteiger partial charge in [0.25, 0.3) is 0 Å². The number of methoxy groups -OCH3 is 2. The van der Waals surface area contributed by atoms with Crippen molar-refractivity contribution in [3.8, 4) is 11.5 Å². The van der Waals surface area contributed by atoms with Gasteiger partial charge < -0.3 is 14.8 Å². The van der Waals surface area contributed by atoms with E-state index in [2.05, 4.69) is 5.32 Å². The maximum atomic E-state index is 12.9. The number of benzene rings is 3. The van der Waals surface area contributed by atoms with Crippen LogP contribution in [0.4, 0.5) is 11.4 Å². The molecule has 10 heteroatoms. The predicted molar refractivity (Wildman–Crippen MR) is 138 cm³/mol. The molecule has 34 heavy (non-hydrogen) atoms. The number of hydrogen-bond acceptors (Lipinski definition) is 6. The third-order valence-electron chi connectivity index (χ3n) is 4.81. The van der Waals surface area contributed by atoms with Gasteiger partial charge in [-0.1, -0.05) is 35.9 Å². The molecule has 0 fully saturated rings. The van der Waals surface area contributed by atoms with Crippen molar-refractivity contribution >= 4 is 50.7 Å². The molecular weight excluding hydrogens is 496 g/mol. The second kappa shape index (κ2) is 11.5. The quantitative estimate of drug-likeness (QED) is 0.376. The number of carbonyl (C=O) groups is 1. The molecule has 3 aromatic carbocycles. The van der Waals surface area contributed by atoms with Crippen molar-refractivity contribution in [3.05, 3.63) is 77.3 Å². The molecule has 0 aliphatic rings. The number of sulfonamides is 1. The van der Waals surface area contributed by atoms with E-state index >= 15 is 0 Å². The van der Waals surface area contributed by atoms with E-state index in [0.29, 0.717) is 22.2 Å². The number of hydrogen-bond donors (Lipinski definition) is 1. The number of ether oxygens (including phenoxy) is 2. The highest BCUT2D eigenvalue weighted by atomic mass is 35.5. The second-order valence-electron chi connectivity index (χ2n) is 7.27. The molecule has 0 spiro atoms. The van der Waals surface area contributed by atoms with Gasteiger partial charge in [0, 0.05) is 21.7 Å². The molecule has 0 aliphatic carbocycles. The molecule has 3 rings (SSSR count). The fourth-order valence-electron chi connectivity index (χ4n) is 3.13. The van der Waals surface area contributed by atoms with Gasteiger partial charge in [-0.15, -0.1) is 11.8 Å². The number of amides is 1. The van der Waals surface area contributed by atoms with Gasteiger partial charge in [0.2, 0.25) is 15.9 Å². The van der Waals surface area contributed by atoms with Gasteiger partial charge in [-0.05, 0) is 42.0 Å². The first kappa shape index (κ1) is 25.7. The number of para-hydroxylation sites is 1. The Kier molecular flexibility index (Phi) is 8.71. The van der Waals surface area contributed by atoms with Crippen molar-refractivity contribution in [2.75, 3.05) is 36.6 Å². The zero-order chi connectivity index (χ0) is 24.7. The Morgan fingerprint density at radius 3 is 2.38 bits per heavy atom. The van der Waals surface area contributed by atoms with Gasteiger partial charge >= 0.3 is 0 Å². The molecule has 1 N–H and O–H groups in total. The molecule has 0 aliphatic heterocycles. The molecule has 1 amide bonds. The van der Waals surface area contributed by atoms with Crippen LogP contribution < -0.4 is 19.1 Å². The number of rotatable bonds is 10. The summed E-state index contributed by atoms with van der Waals surface area (Å²) in [4.78, 5) is 13.8. The minimum Gasteiger partial charge on any atom is -0.497 e. The summed E-state index contributed by atoms with van der Waals surface area (Å²) < 4.78 is 36.6. The van der Waals surface area contributed by atoms with Crippen molar-refractivity contribution in [2.45, 2.75) is 10.6 Å². The number of nitrogens with one attached hydrogen (secondary N) is 1. The van der Waals surface area contributed by atoms with Crippen LogP contribution in [0.2, 0.25) is 5.02 Å². The van der Waals surface area contributed by atoms with Gasteiger partial charge in [0.1, 0.15) is 18.0 Å². The summed E-state index contributed by atoms with van der Waals surface area (Å²) in [5, 5.41) is 3.51. The van der Waals surface area contributed by atoms with Crippen LogP contribution >= 0.6 is 23.4 Å². The minimum absolute atomic E-state index is 0.242. The lowest BCUT2D eigenvalue weighted by Crippen LogP contribution is -2.37. The molecule has 3 aromatic rings. The third-order valence-corrected chi connectivity index (χ3v) is 7.33. The highest BCUT2D eigenvalue weighted by Crippen LogP contribution is 2.34. The van der Waals surface area contributed by atoms with Crippen molar-refractivity contribution in [2.24, 2.45) is 0 Å². The molecule has 0 saturated heterocycles. The predicted octanol–water partition coefficient (Wildman–Crippen LogP) is 5.05. The number of anilines is 2. The second-order valence-corrected chi connectivity index (χ2v) is 10.6. The minimum atomic E-state index is -3.78. The smallest absolute Gasteiger partial charge is 0.245 e. The maximum Gasteiger partial charge on any atom is 0.245 e. The summed E-state index contributed by atoms with van der Waals surface area (Å²) >= 11 is 7.50. The van der Waals surface area contributed by atoms with Gasteiger partial charge in [0.15, 0.2) is 0 Å². The number of halogens is 1. The van der Waals surface area contributed by atoms with Crippen molar-refractivity contribution in [3.63, 3.8) is 0 Å². The monoisotopic (exact) mass is 520 g/mol. The molecule has 0 unspecified atom stereocenters. The number of nitrogens with zero attached hydrogens (tertiary/aromatic N) is 1. The first-order valence-electron chi connectivity index (χ1n) is 10.2. The third kappa shape index (κ3) is 6.82. The van der Waals surface area contributed by atoms with E-state index in [4.69, 9.17) is 21.1 Å². The Morgan fingerprint density at radius 1 is 1.03 bits per heavy atom. The Labute approximate surface area is 209 Å². The van der Waals surface area contributed by atoms with E-state index < -0.39 is 22.5 Å². The summed E-state index contributed by atoms with van der Waals surface area (Å²) in [5.41, 5.74) is 1.93. The van der Waals surface area contributed by atoms with Crippen molar-refractivity contribution in [1.29, 1.82) is 0 Å². The fraction of sp³-hybridized carbons (Fsp3) is 0.208. The number of thioether (sulfide) groups is 1. The summed E-state index contributed by atoms with van der Waals surface area (Å²) in [6.07, 6.45) is 1.04. The molecule has 0 saturated carbocycles. The normalized spacial score (nSPS) is 11.1. The van der Waals surface area contributed by atoms with E-state index in [1.807, 2.05) is 42.5 Å².